The molecule has 12 heteroatoms. The van der Waals surface area contributed by atoms with Crippen molar-refractivity contribution in [2.24, 2.45) is 5.41 Å². The van der Waals surface area contributed by atoms with Crippen molar-refractivity contribution in [2.45, 2.75) is 80.6 Å². The summed E-state index contributed by atoms with van der Waals surface area (Å²) in [6.07, 6.45) is -4.20. The van der Waals surface area contributed by atoms with Gasteiger partial charge in [-0.3, -0.25) is 4.79 Å². The molecule has 0 aromatic heterocycles. The van der Waals surface area contributed by atoms with Crippen molar-refractivity contribution in [3.8, 4) is 17.2 Å². The molecule has 1 heterocycles. The summed E-state index contributed by atoms with van der Waals surface area (Å²) in [7, 11) is 0. The van der Waals surface area contributed by atoms with Crippen LogP contribution in [-0.2, 0) is 10.3 Å². The molecule has 3 aliphatic carbocycles. The third-order valence-corrected chi connectivity index (χ3v) is 10.5. The van der Waals surface area contributed by atoms with Crippen LogP contribution in [0.15, 0.2) is 66.3 Å². The van der Waals surface area contributed by atoms with Gasteiger partial charge in [0.25, 0.3) is 0 Å². The summed E-state index contributed by atoms with van der Waals surface area (Å²) in [4.78, 5) is 15.0. The maximum atomic E-state index is 15.0. The van der Waals surface area contributed by atoms with E-state index in [4.69, 9.17) is 9.47 Å². The molecule has 1 fully saturated rings. The molecule has 0 amide bonds. The van der Waals surface area contributed by atoms with E-state index in [-0.39, 0.29) is 45.2 Å². The number of hydrogen-bond acceptors (Lipinski definition) is 12. The number of aromatic hydroxyl groups is 2. The highest BCUT2D eigenvalue weighted by Gasteiger charge is 2.77. The predicted octanol–water partition coefficient (Wildman–Crippen LogP) is 1.35. The van der Waals surface area contributed by atoms with Crippen LogP contribution in [-0.4, -0.2) is 100 Å². The van der Waals surface area contributed by atoms with E-state index in [1.807, 2.05) is 0 Å². The van der Waals surface area contributed by atoms with Gasteiger partial charge in [-0.25, -0.2) is 0 Å². The van der Waals surface area contributed by atoms with Crippen molar-refractivity contribution >= 4 is 16.6 Å². The number of phenols is 2. The molecule has 0 spiro atoms. The van der Waals surface area contributed by atoms with Crippen molar-refractivity contribution in [2.75, 3.05) is 6.61 Å². The standard InChI is InChI=1S/C36H38O12/c1-16-13-20-24-25(26(39)17-7-4-5-8-18(17)30(24)48-32-29(42)28(41)27(40)22(15-37)47-32)36(46)19-9-6-10-21(38)23(19)31(43)34(20,35(36,45)14-16)12-11-33(2,3)44/h4-13,20,22,27-29,32,37-42,44-46H,14-15H2,1-3H3/b12-11+/t20?,22-,27-,28+,29-,32+,34?,35+,36+/m1/s1. The molecule has 2 unspecified atom stereocenters. The SMILES string of the molecule is CC1=CC2c3c(c(O)c4ccccc4c3O[C@@H]3O[C@H](CO)[C@@H](O)[C@H](O)[C@H]3O)[C@@]3(O)c4cccc(O)c4C(=O)C2(/C=C/C(C)(C)O)[C@@]3(O)C1. The lowest BCUT2D eigenvalue weighted by Gasteiger charge is -2.64. The molecule has 1 aliphatic heterocycles. The van der Waals surface area contributed by atoms with Gasteiger partial charge in [0.1, 0.15) is 52.9 Å². The highest BCUT2D eigenvalue weighted by Crippen LogP contribution is 2.73. The molecule has 1 saturated heterocycles. The van der Waals surface area contributed by atoms with E-state index in [0.29, 0.717) is 5.57 Å². The molecule has 3 aromatic rings. The zero-order valence-corrected chi connectivity index (χ0v) is 26.4. The fourth-order valence-electron chi connectivity index (χ4n) is 8.33. The summed E-state index contributed by atoms with van der Waals surface area (Å²) in [5, 5.41) is 103. The first-order valence-corrected chi connectivity index (χ1v) is 15.7. The van der Waals surface area contributed by atoms with Crippen LogP contribution < -0.4 is 4.74 Å². The minimum Gasteiger partial charge on any atom is -0.507 e. The van der Waals surface area contributed by atoms with E-state index < -0.39 is 82.7 Å². The molecule has 9 atom stereocenters. The first-order chi connectivity index (χ1) is 22.5. The number of allylic oxidation sites excluding steroid dienone is 1. The number of Topliss-reactive ketones (excluding diaryl/α,β-unsaturated/α-hetero) is 1. The lowest BCUT2D eigenvalue weighted by molar-refractivity contribution is -0.277. The van der Waals surface area contributed by atoms with Gasteiger partial charge in [-0.15, -0.1) is 0 Å². The van der Waals surface area contributed by atoms with Crippen LogP contribution in [0.3, 0.4) is 0 Å². The van der Waals surface area contributed by atoms with Gasteiger partial charge in [0, 0.05) is 39.8 Å². The Hall–Kier alpha value is -3.85. The van der Waals surface area contributed by atoms with Gasteiger partial charge in [-0.05, 0) is 26.8 Å². The molecule has 9 N–H and O–H groups in total. The Kier molecular flexibility index (Phi) is 7.20. The number of phenolic OH excluding ortho intramolecular Hbond substituents is 2. The zero-order valence-electron chi connectivity index (χ0n) is 26.4. The van der Waals surface area contributed by atoms with Gasteiger partial charge in [0.2, 0.25) is 6.29 Å². The number of ketones is 1. The Morgan fingerprint density at radius 2 is 1.69 bits per heavy atom. The van der Waals surface area contributed by atoms with Gasteiger partial charge in [-0.2, -0.15) is 0 Å². The Morgan fingerprint density at radius 1 is 1.00 bits per heavy atom. The van der Waals surface area contributed by atoms with Crippen LogP contribution in [0.5, 0.6) is 17.2 Å². The molecule has 7 rings (SSSR count). The molecule has 3 aromatic carbocycles. The number of hydrogen-bond donors (Lipinski definition) is 9. The number of fused-ring (bicyclic) bond motifs is 6. The van der Waals surface area contributed by atoms with Gasteiger partial charge in [0.05, 0.1) is 23.2 Å². The van der Waals surface area contributed by atoms with E-state index in [2.05, 4.69) is 0 Å². The van der Waals surface area contributed by atoms with Crippen LogP contribution in [0, 0.1) is 5.41 Å². The molecule has 12 nitrogen and oxygen atoms in total. The number of rotatable bonds is 5. The fraction of sp³-hybridized carbons (Fsp3) is 0.417. The second-order valence-corrected chi connectivity index (χ2v) is 14.0. The van der Waals surface area contributed by atoms with Crippen molar-refractivity contribution in [3.63, 3.8) is 0 Å². The van der Waals surface area contributed by atoms with E-state index >= 15 is 0 Å². The summed E-state index contributed by atoms with van der Waals surface area (Å²) in [6.45, 7) is 3.92. The van der Waals surface area contributed by atoms with Gasteiger partial charge in [0.15, 0.2) is 5.78 Å². The van der Waals surface area contributed by atoms with Crippen molar-refractivity contribution in [1.82, 2.24) is 0 Å². The number of carbonyl (C=O) groups is 1. The average Bonchev–Trinajstić information content (AvgIpc) is 3.03. The molecule has 4 bridgehead atoms. The van der Waals surface area contributed by atoms with Crippen LogP contribution >= 0.6 is 0 Å². The zero-order chi connectivity index (χ0) is 34.7. The number of carbonyl (C=O) groups excluding carboxylic acids is 1. The summed E-state index contributed by atoms with van der Waals surface area (Å²) in [5.41, 5.74) is -8.64. The maximum absolute atomic E-state index is 15.0. The number of ether oxygens (including phenoxy) is 2. The van der Waals surface area contributed by atoms with E-state index in [1.165, 1.54) is 44.2 Å². The summed E-state index contributed by atoms with van der Waals surface area (Å²) >= 11 is 0. The van der Waals surface area contributed by atoms with E-state index in [9.17, 15) is 50.8 Å². The second kappa shape index (κ2) is 10.6. The molecular weight excluding hydrogens is 624 g/mol. The highest BCUT2D eigenvalue weighted by molar-refractivity contribution is 6.11. The fourth-order valence-corrected chi connectivity index (χ4v) is 8.33. The lowest BCUT2D eigenvalue weighted by Crippen LogP contribution is -2.73. The molecule has 254 valence electrons. The topological polar surface area (TPSA) is 218 Å². The maximum Gasteiger partial charge on any atom is 0.229 e. The molecule has 0 saturated carbocycles. The molecular formula is C36H38O12. The summed E-state index contributed by atoms with van der Waals surface area (Å²) < 4.78 is 12.1. The normalized spacial score (nSPS) is 35.7. The minimum atomic E-state index is -2.60. The Bertz CT molecular complexity index is 1910. The van der Waals surface area contributed by atoms with Crippen molar-refractivity contribution in [1.29, 1.82) is 0 Å². The van der Waals surface area contributed by atoms with Crippen molar-refractivity contribution in [3.05, 3.63) is 88.5 Å². The van der Waals surface area contributed by atoms with E-state index in [0.717, 1.165) is 0 Å². The quantitative estimate of drug-likeness (QED) is 0.177. The largest absolute Gasteiger partial charge is 0.507 e. The first-order valence-electron chi connectivity index (χ1n) is 15.7. The highest BCUT2D eigenvalue weighted by atomic mass is 16.7. The first kappa shape index (κ1) is 32.7. The Balaban J connectivity index is 1.64. The third-order valence-electron chi connectivity index (χ3n) is 10.5. The van der Waals surface area contributed by atoms with Crippen LogP contribution in [0.2, 0.25) is 0 Å². The molecule has 48 heavy (non-hydrogen) atoms. The predicted molar refractivity (Wildman–Crippen MR) is 169 cm³/mol. The van der Waals surface area contributed by atoms with Gasteiger partial charge in [-0.1, -0.05) is 60.2 Å². The molecule has 4 aliphatic rings. The van der Waals surface area contributed by atoms with E-state index in [1.54, 1.807) is 37.3 Å². The number of aliphatic hydroxyl groups excluding tert-OH is 4. The van der Waals surface area contributed by atoms with Crippen LogP contribution in [0.25, 0.3) is 10.8 Å². The van der Waals surface area contributed by atoms with Crippen molar-refractivity contribution < 1.29 is 60.2 Å². The van der Waals surface area contributed by atoms with Gasteiger partial charge >= 0.3 is 0 Å². The smallest absolute Gasteiger partial charge is 0.229 e. The Morgan fingerprint density at radius 3 is 2.35 bits per heavy atom. The van der Waals surface area contributed by atoms with Crippen LogP contribution in [0.4, 0.5) is 0 Å². The van der Waals surface area contributed by atoms with Gasteiger partial charge < -0.3 is 55.4 Å². The minimum absolute atomic E-state index is 0.0390. The second-order valence-electron chi connectivity index (χ2n) is 14.0. The third kappa shape index (κ3) is 4.03. The average molecular weight is 663 g/mol. The Labute approximate surface area is 275 Å². The van der Waals surface area contributed by atoms with Crippen LogP contribution in [0.1, 0.15) is 60.2 Å². The lowest BCUT2D eigenvalue weighted by atomic mass is 9.40. The molecule has 0 radical (unpaired) electrons. The number of aliphatic hydroxyl groups is 7. The monoisotopic (exact) mass is 662 g/mol. The summed E-state index contributed by atoms with van der Waals surface area (Å²) in [5.74, 6) is -2.96. The number of benzene rings is 3. The summed E-state index contributed by atoms with van der Waals surface area (Å²) in [6, 6.07) is 10.5.